The molecule has 0 bridgehead atoms. The Hall–Kier alpha value is -2.33. The molecule has 0 aliphatic rings. The number of anilines is 1. The highest BCUT2D eigenvalue weighted by atomic mass is 32.1. The smallest absolute Gasteiger partial charge is 0.143 e. The van der Waals surface area contributed by atoms with Crippen molar-refractivity contribution < 1.29 is 4.74 Å². The van der Waals surface area contributed by atoms with Crippen LogP contribution in [0.15, 0.2) is 54.6 Å². The quantitative estimate of drug-likeness (QED) is 0.787. The number of hydrogen-bond donors (Lipinski definition) is 1. The topological polar surface area (TPSA) is 48.1 Å². The largest absolute Gasteiger partial charge is 0.497 e. The molecule has 20 heavy (non-hydrogen) atoms. The van der Waals surface area contributed by atoms with Gasteiger partial charge in [-0.1, -0.05) is 30.3 Å². The van der Waals surface area contributed by atoms with E-state index in [0.29, 0.717) is 5.82 Å². The second-order valence-electron chi connectivity index (χ2n) is 4.33. The van der Waals surface area contributed by atoms with Crippen molar-refractivity contribution in [2.24, 2.45) is 0 Å². The Balaban J connectivity index is 2.00. The Labute approximate surface area is 121 Å². The van der Waals surface area contributed by atoms with Gasteiger partial charge in [-0.05, 0) is 29.8 Å². The van der Waals surface area contributed by atoms with Crippen molar-refractivity contribution in [2.45, 2.75) is 0 Å². The standard InChI is InChI=1S/C16H14N2OS/c1-19-13-9-7-11(8-10-13)14-15(17)18-16(20-14)12-5-3-2-4-6-12/h2-10H,17H2,1H3. The molecule has 0 radical (unpaired) electrons. The molecule has 0 aliphatic carbocycles. The van der Waals surface area contributed by atoms with Crippen LogP contribution in [0.2, 0.25) is 0 Å². The first-order valence-electron chi connectivity index (χ1n) is 6.24. The van der Waals surface area contributed by atoms with Gasteiger partial charge in [-0.25, -0.2) is 4.98 Å². The molecule has 1 aromatic heterocycles. The zero-order valence-electron chi connectivity index (χ0n) is 11.0. The third-order valence-corrected chi connectivity index (χ3v) is 4.20. The van der Waals surface area contributed by atoms with Gasteiger partial charge >= 0.3 is 0 Å². The summed E-state index contributed by atoms with van der Waals surface area (Å²) in [5.41, 5.74) is 8.19. The monoisotopic (exact) mass is 282 g/mol. The van der Waals surface area contributed by atoms with Gasteiger partial charge in [0.2, 0.25) is 0 Å². The molecule has 0 unspecified atom stereocenters. The third-order valence-electron chi connectivity index (χ3n) is 3.03. The Morgan fingerprint density at radius 2 is 1.65 bits per heavy atom. The first-order valence-corrected chi connectivity index (χ1v) is 7.06. The molecule has 3 rings (SSSR count). The zero-order valence-corrected chi connectivity index (χ0v) is 11.9. The molecule has 1 heterocycles. The summed E-state index contributed by atoms with van der Waals surface area (Å²) in [6, 6.07) is 17.9. The lowest BCUT2D eigenvalue weighted by Gasteiger charge is -2.01. The predicted octanol–water partition coefficient (Wildman–Crippen LogP) is 4.07. The Bertz CT molecular complexity index is 705. The summed E-state index contributed by atoms with van der Waals surface area (Å²) in [7, 11) is 1.66. The van der Waals surface area contributed by atoms with Crippen molar-refractivity contribution in [1.82, 2.24) is 4.98 Å². The van der Waals surface area contributed by atoms with Crippen LogP contribution in [0.1, 0.15) is 0 Å². The summed E-state index contributed by atoms with van der Waals surface area (Å²) < 4.78 is 5.17. The molecule has 0 saturated carbocycles. The van der Waals surface area contributed by atoms with Gasteiger partial charge in [0, 0.05) is 5.56 Å². The molecule has 2 aromatic carbocycles. The van der Waals surface area contributed by atoms with E-state index in [9.17, 15) is 0 Å². The second kappa shape index (κ2) is 5.35. The van der Waals surface area contributed by atoms with Crippen molar-refractivity contribution in [3.05, 3.63) is 54.6 Å². The summed E-state index contributed by atoms with van der Waals surface area (Å²) in [5, 5.41) is 0.939. The van der Waals surface area contributed by atoms with Gasteiger partial charge in [0.1, 0.15) is 16.6 Å². The SMILES string of the molecule is COc1ccc(-c2sc(-c3ccccc3)nc2N)cc1. The highest BCUT2D eigenvalue weighted by Gasteiger charge is 2.11. The summed E-state index contributed by atoms with van der Waals surface area (Å²) in [5.74, 6) is 1.40. The molecule has 0 atom stereocenters. The number of nitrogen functional groups attached to an aromatic ring is 1. The van der Waals surface area contributed by atoms with Crippen molar-refractivity contribution in [3.63, 3.8) is 0 Å². The van der Waals surface area contributed by atoms with E-state index < -0.39 is 0 Å². The van der Waals surface area contributed by atoms with Gasteiger partial charge in [-0.3, -0.25) is 0 Å². The Morgan fingerprint density at radius 1 is 0.950 bits per heavy atom. The van der Waals surface area contributed by atoms with Crippen LogP contribution >= 0.6 is 11.3 Å². The molecule has 0 amide bonds. The molecule has 0 spiro atoms. The van der Waals surface area contributed by atoms with Crippen LogP contribution in [0.3, 0.4) is 0 Å². The molecule has 3 aromatic rings. The van der Waals surface area contributed by atoms with E-state index in [2.05, 4.69) is 4.98 Å². The number of hydrogen-bond acceptors (Lipinski definition) is 4. The van der Waals surface area contributed by atoms with E-state index in [1.807, 2.05) is 54.6 Å². The normalized spacial score (nSPS) is 10.4. The minimum atomic E-state index is 0.569. The van der Waals surface area contributed by atoms with Crippen molar-refractivity contribution in [3.8, 4) is 26.8 Å². The zero-order chi connectivity index (χ0) is 13.9. The van der Waals surface area contributed by atoms with Gasteiger partial charge in [0.25, 0.3) is 0 Å². The first kappa shape index (κ1) is 12.7. The first-order chi connectivity index (χ1) is 9.78. The molecule has 2 N–H and O–H groups in total. The number of rotatable bonds is 3. The number of methoxy groups -OCH3 is 1. The van der Waals surface area contributed by atoms with Crippen molar-refractivity contribution >= 4 is 17.2 Å². The number of ether oxygens (including phenoxy) is 1. The fourth-order valence-electron chi connectivity index (χ4n) is 1.99. The Kier molecular flexibility index (Phi) is 3.39. The van der Waals surface area contributed by atoms with Crippen LogP contribution in [-0.4, -0.2) is 12.1 Å². The van der Waals surface area contributed by atoms with E-state index in [4.69, 9.17) is 10.5 Å². The third kappa shape index (κ3) is 2.38. The number of nitrogens with two attached hydrogens (primary N) is 1. The lowest BCUT2D eigenvalue weighted by atomic mass is 10.2. The molecular formula is C16H14N2OS. The van der Waals surface area contributed by atoms with Crippen LogP contribution in [0, 0.1) is 0 Å². The van der Waals surface area contributed by atoms with Crippen molar-refractivity contribution in [1.29, 1.82) is 0 Å². The lowest BCUT2D eigenvalue weighted by molar-refractivity contribution is 0.415. The summed E-state index contributed by atoms with van der Waals surface area (Å²) in [6.45, 7) is 0. The molecule has 100 valence electrons. The van der Waals surface area contributed by atoms with Gasteiger partial charge in [-0.15, -0.1) is 11.3 Å². The maximum Gasteiger partial charge on any atom is 0.143 e. The van der Waals surface area contributed by atoms with E-state index in [-0.39, 0.29) is 0 Å². The van der Waals surface area contributed by atoms with Crippen LogP contribution in [0.25, 0.3) is 21.0 Å². The van der Waals surface area contributed by atoms with Gasteiger partial charge < -0.3 is 10.5 Å². The highest BCUT2D eigenvalue weighted by Crippen LogP contribution is 2.37. The van der Waals surface area contributed by atoms with E-state index in [1.165, 1.54) is 0 Å². The summed E-state index contributed by atoms with van der Waals surface area (Å²) in [6.07, 6.45) is 0. The number of thiazole rings is 1. The molecular weight excluding hydrogens is 268 g/mol. The average molecular weight is 282 g/mol. The van der Waals surface area contributed by atoms with Crippen molar-refractivity contribution in [2.75, 3.05) is 12.8 Å². The fourth-order valence-corrected chi connectivity index (χ4v) is 2.98. The summed E-state index contributed by atoms with van der Waals surface area (Å²) >= 11 is 1.60. The number of benzene rings is 2. The van der Waals surface area contributed by atoms with E-state index in [0.717, 1.165) is 26.8 Å². The molecule has 0 saturated heterocycles. The minimum Gasteiger partial charge on any atom is -0.497 e. The average Bonchev–Trinajstić information content (AvgIpc) is 2.90. The summed E-state index contributed by atoms with van der Waals surface area (Å²) in [4.78, 5) is 5.46. The Morgan fingerprint density at radius 3 is 2.30 bits per heavy atom. The lowest BCUT2D eigenvalue weighted by Crippen LogP contribution is -1.88. The minimum absolute atomic E-state index is 0.569. The van der Waals surface area contributed by atoms with Gasteiger partial charge in [0.05, 0.1) is 12.0 Å². The maximum absolute atomic E-state index is 6.05. The molecule has 0 fully saturated rings. The fraction of sp³-hybridized carbons (Fsp3) is 0.0625. The van der Waals surface area contributed by atoms with Crippen LogP contribution in [0.4, 0.5) is 5.82 Å². The number of nitrogens with zero attached hydrogens (tertiary/aromatic N) is 1. The van der Waals surface area contributed by atoms with E-state index in [1.54, 1.807) is 18.4 Å². The molecule has 0 aliphatic heterocycles. The highest BCUT2D eigenvalue weighted by molar-refractivity contribution is 7.19. The maximum atomic E-state index is 6.05. The van der Waals surface area contributed by atoms with Crippen LogP contribution < -0.4 is 10.5 Å². The van der Waals surface area contributed by atoms with Gasteiger partial charge in [0.15, 0.2) is 0 Å². The molecule has 4 heteroatoms. The van der Waals surface area contributed by atoms with E-state index >= 15 is 0 Å². The predicted molar refractivity (Wildman–Crippen MR) is 84.0 cm³/mol. The van der Waals surface area contributed by atoms with Crippen LogP contribution in [0.5, 0.6) is 5.75 Å². The molecule has 3 nitrogen and oxygen atoms in total. The van der Waals surface area contributed by atoms with Crippen LogP contribution in [-0.2, 0) is 0 Å². The van der Waals surface area contributed by atoms with Gasteiger partial charge in [-0.2, -0.15) is 0 Å². The number of aromatic nitrogens is 1. The second-order valence-corrected chi connectivity index (χ2v) is 5.33.